The van der Waals surface area contributed by atoms with Crippen molar-refractivity contribution in [2.45, 2.75) is 16.9 Å². The quantitative estimate of drug-likeness (QED) is 0.781. The predicted octanol–water partition coefficient (Wildman–Crippen LogP) is 2.08. The molecule has 6 nitrogen and oxygen atoms in total. The molecule has 26 heavy (non-hydrogen) atoms. The summed E-state index contributed by atoms with van der Waals surface area (Å²) in [6, 6.07) is 6.47. The lowest BCUT2D eigenvalue weighted by Gasteiger charge is -2.19. The molecule has 1 aromatic carbocycles. The van der Waals surface area contributed by atoms with Gasteiger partial charge in [0.1, 0.15) is 17.8 Å². The van der Waals surface area contributed by atoms with Gasteiger partial charge in [0.05, 0.1) is 17.7 Å². The van der Waals surface area contributed by atoms with E-state index in [-0.39, 0.29) is 23.8 Å². The Kier molecular flexibility index (Phi) is 4.88. The molecule has 136 valence electrons. The van der Waals surface area contributed by atoms with Crippen LogP contribution in [0.2, 0.25) is 0 Å². The molecule has 2 aromatic rings. The maximum absolute atomic E-state index is 13.0. The number of aliphatic hydroxyl groups excluding tert-OH is 1. The highest BCUT2D eigenvalue weighted by Gasteiger charge is 2.34. The average Bonchev–Trinajstić information content (AvgIpc) is 3.19. The lowest BCUT2D eigenvalue weighted by molar-refractivity contribution is 0.150. The van der Waals surface area contributed by atoms with Crippen LogP contribution >= 0.6 is 11.8 Å². The molecule has 1 unspecified atom stereocenters. The number of aliphatic hydroxyl groups is 1. The van der Waals surface area contributed by atoms with Gasteiger partial charge in [0, 0.05) is 42.4 Å². The van der Waals surface area contributed by atoms with Crippen LogP contribution in [0.3, 0.4) is 0 Å². The monoisotopic (exact) mass is 373 g/mol. The molecular weight excluding hydrogens is 353 g/mol. The highest BCUT2D eigenvalue weighted by molar-refractivity contribution is 7.99. The van der Waals surface area contributed by atoms with Crippen LogP contribution in [0.1, 0.15) is 11.6 Å². The summed E-state index contributed by atoms with van der Waals surface area (Å²) in [5.41, 5.74) is 7.37. The van der Waals surface area contributed by atoms with Gasteiger partial charge in [-0.25, -0.2) is 14.4 Å². The maximum atomic E-state index is 13.0. The molecule has 4 rings (SSSR count). The lowest BCUT2D eigenvalue weighted by Crippen LogP contribution is -2.27. The van der Waals surface area contributed by atoms with E-state index in [1.807, 2.05) is 6.21 Å². The Labute approximate surface area is 155 Å². The summed E-state index contributed by atoms with van der Waals surface area (Å²) < 4.78 is 13.0. The molecule has 2 aliphatic rings. The van der Waals surface area contributed by atoms with E-state index in [1.165, 1.54) is 18.5 Å². The van der Waals surface area contributed by atoms with E-state index >= 15 is 0 Å². The van der Waals surface area contributed by atoms with E-state index in [1.54, 1.807) is 23.9 Å². The Balaban J connectivity index is 1.34. The molecule has 2 aliphatic heterocycles. The van der Waals surface area contributed by atoms with Crippen molar-refractivity contribution in [2.24, 2.45) is 10.9 Å². The van der Waals surface area contributed by atoms with Crippen molar-refractivity contribution in [1.29, 1.82) is 0 Å². The van der Waals surface area contributed by atoms with Crippen molar-refractivity contribution >= 4 is 29.5 Å². The molecule has 3 atom stereocenters. The van der Waals surface area contributed by atoms with Crippen LogP contribution in [-0.2, 0) is 0 Å². The number of rotatable bonds is 5. The zero-order chi connectivity index (χ0) is 18.1. The van der Waals surface area contributed by atoms with E-state index in [2.05, 4.69) is 19.9 Å². The van der Waals surface area contributed by atoms with Crippen LogP contribution in [0, 0.1) is 11.7 Å². The third-order valence-corrected chi connectivity index (χ3v) is 6.03. The number of anilines is 1. The van der Waals surface area contributed by atoms with Gasteiger partial charge in [-0.15, -0.1) is 11.8 Å². The van der Waals surface area contributed by atoms with Crippen LogP contribution in [-0.4, -0.2) is 57.7 Å². The van der Waals surface area contributed by atoms with Crippen LogP contribution in [0.5, 0.6) is 0 Å². The Morgan fingerprint density at radius 1 is 1.23 bits per heavy atom. The van der Waals surface area contributed by atoms with Crippen molar-refractivity contribution in [3.8, 4) is 0 Å². The number of aliphatic imine (C=N–C) groups is 1. The molecule has 0 amide bonds. The minimum absolute atomic E-state index is 0.0750. The van der Waals surface area contributed by atoms with Crippen LogP contribution in [0.25, 0.3) is 0 Å². The number of hydrogen-bond acceptors (Lipinski definition) is 7. The molecule has 3 N–H and O–H groups in total. The summed E-state index contributed by atoms with van der Waals surface area (Å²) in [6.45, 7) is 2.20. The number of β-amino-alcohol motifs (C(OH)–C–C–N with tert-alkyl or cyclic N) is 1. The van der Waals surface area contributed by atoms with Crippen molar-refractivity contribution < 1.29 is 9.50 Å². The zero-order valence-electron chi connectivity index (χ0n) is 14.1. The third kappa shape index (κ3) is 3.58. The Morgan fingerprint density at radius 3 is 2.85 bits per heavy atom. The average molecular weight is 373 g/mol. The molecule has 1 aromatic heterocycles. The highest BCUT2D eigenvalue weighted by atomic mass is 32.2. The molecule has 1 fully saturated rings. The summed E-state index contributed by atoms with van der Waals surface area (Å²) in [6.07, 6.45) is 2.97. The molecular formula is C18H20FN5OS. The number of halogens is 1. The number of nitrogen functional groups attached to an aromatic ring is 1. The van der Waals surface area contributed by atoms with Gasteiger partial charge in [-0.2, -0.15) is 0 Å². The SMILES string of the molecule is Nc1ncnc2c1N=CC2CN1C[C@H](CSc2ccc(F)cc2)[C@@H](O)C1. The second-order valence-corrected chi connectivity index (χ2v) is 7.78. The number of fused-ring (bicyclic) bond motifs is 1. The highest BCUT2D eigenvalue weighted by Crippen LogP contribution is 2.35. The number of nitrogens with zero attached hydrogens (tertiary/aromatic N) is 4. The number of thioether (sulfide) groups is 1. The summed E-state index contributed by atoms with van der Waals surface area (Å²) in [7, 11) is 0. The standard InChI is InChI=1S/C18H20FN5OS/c19-13-1-3-14(4-2-13)26-9-12-7-24(8-15(12)25)6-11-5-21-17-16(11)22-10-23-18(17)20/h1-5,10-12,15,25H,6-9H2,(H2,20,22,23)/t11?,12-,15+/m1/s1. The first-order chi connectivity index (χ1) is 12.6. The Morgan fingerprint density at radius 2 is 2.04 bits per heavy atom. The Hall–Kier alpha value is -2.03. The Bertz CT molecular complexity index is 816. The summed E-state index contributed by atoms with van der Waals surface area (Å²) in [5, 5.41) is 10.4. The fourth-order valence-corrected chi connectivity index (χ4v) is 4.51. The molecule has 0 aliphatic carbocycles. The first kappa shape index (κ1) is 17.4. The molecule has 0 saturated carbocycles. The van der Waals surface area contributed by atoms with Gasteiger partial charge in [-0.05, 0) is 24.3 Å². The number of benzene rings is 1. The fourth-order valence-electron chi connectivity index (χ4n) is 3.45. The minimum atomic E-state index is -0.365. The van der Waals surface area contributed by atoms with Gasteiger partial charge in [0.2, 0.25) is 0 Å². The normalized spacial score (nSPS) is 24.9. The first-order valence-electron chi connectivity index (χ1n) is 8.53. The zero-order valence-corrected chi connectivity index (χ0v) is 14.9. The molecule has 0 spiro atoms. The van der Waals surface area contributed by atoms with Crippen molar-refractivity contribution in [2.75, 3.05) is 31.1 Å². The van der Waals surface area contributed by atoms with E-state index in [0.29, 0.717) is 18.1 Å². The van der Waals surface area contributed by atoms with Crippen LogP contribution < -0.4 is 5.73 Å². The van der Waals surface area contributed by atoms with Crippen LogP contribution in [0.4, 0.5) is 15.9 Å². The predicted molar refractivity (Wildman–Crippen MR) is 100 cm³/mol. The largest absolute Gasteiger partial charge is 0.391 e. The maximum Gasteiger partial charge on any atom is 0.153 e. The number of likely N-dealkylation sites (tertiary alicyclic amines) is 1. The number of hydrogen-bond donors (Lipinski definition) is 2. The fraction of sp³-hybridized carbons (Fsp3) is 0.389. The molecule has 8 heteroatoms. The van der Waals surface area contributed by atoms with E-state index < -0.39 is 0 Å². The van der Waals surface area contributed by atoms with Crippen molar-refractivity contribution in [3.05, 3.63) is 42.1 Å². The second kappa shape index (κ2) is 7.30. The molecule has 3 heterocycles. The van der Waals surface area contributed by atoms with Crippen molar-refractivity contribution in [3.63, 3.8) is 0 Å². The van der Waals surface area contributed by atoms with E-state index in [0.717, 1.165) is 29.4 Å². The third-order valence-electron chi connectivity index (χ3n) is 4.83. The smallest absolute Gasteiger partial charge is 0.153 e. The minimum Gasteiger partial charge on any atom is -0.391 e. The summed E-state index contributed by atoms with van der Waals surface area (Å²) in [5.74, 6) is 1.23. The first-order valence-corrected chi connectivity index (χ1v) is 9.52. The van der Waals surface area contributed by atoms with Gasteiger partial charge in [0.25, 0.3) is 0 Å². The summed E-state index contributed by atoms with van der Waals surface area (Å²) >= 11 is 1.65. The summed E-state index contributed by atoms with van der Waals surface area (Å²) in [4.78, 5) is 15.9. The van der Waals surface area contributed by atoms with Crippen LogP contribution in [0.15, 0.2) is 40.5 Å². The molecule has 1 saturated heterocycles. The lowest BCUT2D eigenvalue weighted by atomic mass is 10.1. The van der Waals surface area contributed by atoms with Gasteiger partial charge in [-0.3, -0.25) is 9.89 Å². The topological polar surface area (TPSA) is 87.6 Å². The number of aromatic nitrogens is 2. The van der Waals surface area contributed by atoms with Gasteiger partial charge in [0.15, 0.2) is 5.82 Å². The van der Waals surface area contributed by atoms with Gasteiger partial charge in [-0.1, -0.05) is 0 Å². The van der Waals surface area contributed by atoms with E-state index in [9.17, 15) is 9.50 Å². The molecule has 0 radical (unpaired) electrons. The second-order valence-electron chi connectivity index (χ2n) is 6.69. The molecule has 0 bridgehead atoms. The number of nitrogens with two attached hydrogens (primary N) is 1. The van der Waals surface area contributed by atoms with Gasteiger partial charge >= 0.3 is 0 Å². The van der Waals surface area contributed by atoms with Crippen molar-refractivity contribution in [1.82, 2.24) is 14.9 Å². The van der Waals surface area contributed by atoms with E-state index in [4.69, 9.17) is 5.73 Å². The van der Waals surface area contributed by atoms with Gasteiger partial charge < -0.3 is 10.8 Å².